The Kier molecular flexibility index (Phi) is 5.49. The molecule has 0 radical (unpaired) electrons. The van der Waals surface area contributed by atoms with Gasteiger partial charge in [0.15, 0.2) is 11.6 Å². The van der Waals surface area contributed by atoms with E-state index in [1.807, 2.05) is 23.8 Å². The molecule has 0 saturated carbocycles. The molecule has 0 bridgehead atoms. The molecule has 3 rings (SSSR count). The zero-order chi connectivity index (χ0) is 18.7. The Morgan fingerprint density at radius 3 is 2.42 bits per heavy atom. The maximum absolute atomic E-state index is 12.7. The number of esters is 1. The number of thioether (sulfide) groups is 1. The number of hydrogen-bond donors (Lipinski definition) is 0. The van der Waals surface area contributed by atoms with Crippen LogP contribution in [0.1, 0.15) is 33.3 Å². The Balaban J connectivity index is 1.90. The predicted octanol–water partition coefficient (Wildman–Crippen LogP) is 4.66. The lowest BCUT2D eigenvalue weighted by Gasteiger charge is -2.11. The molecule has 0 aliphatic carbocycles. The van der Waals surface area contributed by atoms with Crippen molar-refractivity contribution in [3.63, 3.8) is 0 Å². The molecule has 0 spiro atoms. The Bertz CT molecular complexity index is 952. The molecule has 7 heteroatoms. The van der Waals surface area contributed by atoms with Crippen LogP contribution in [0.3, 0.4) is 0 Å². The Morgan fingerprint density at radius 1 is 1.12 bits per heavy atom. The molecule has 26 heavy (non-hydrogen) atoms. The second kappa shape index (κ2) is 7.80. The van der Waals surface area contributed by atoms with Gasteiger partial charge in [0.1, 0.15) is 16.3 Å². The van der Waals surface area contributed by atoms with Crippen molar-refractivity contribution in [1.29, 1.82) is 0 Å². The van der Waals surface area contributed by atoms with Crippen LogP contribution in [-0.2, 0) is 0 Å². The van der Waals surface area contributed by atoms with Gasteiger partial charge in [-0.2, -0.15) is 0 Å². The molecule has 0 N–H and O–H groups in total. The highest BCUT2D eigenvalue weighted by atomic mass is 32.2. The Morgan fingerprint density at radius 2 is 1.85 bits per heavy atom. The van der Waals surface area contributed by atoms with Gasteiger partial charge in [0, 0.05) is 5.56 Å². The van der Waals surface area contributed by atoms with Crippen LogP contribution in [-0.4, -0.2) is 28.0 Å². The molecule has 0 amide bonds. The Labute approximate surface area is 159 Å². The monoisotopic (exact) mass is 384 g/mol. The van der Waals surface area contributed by atoms with Gasteiger partial charge in [0.2, 0.25) is 0 Å². The van der Waals surface area contributed by atoms with Gasteiger partial charge in [-0.1, -0.05) is 6.07 Å². The maximum Gasteiger partial charge on any atom is 0.348 e. The van der Waals surface area contributed by atoms with Crippen LogP contribution in [0, 0.1) is 6.92 Å². The van der Waals surface area contributed by atoms with Gasteiger partial charge in [-0.3, -0.25) is 4.79 Å². The van der Waals surface area contributed by atoms with Crippen LogP contribution >= 0.6 is 23.1 Å². The van der Waals surface area contributed by atoms with Crippen LogP contribution in [0.15, 0.2) is 46.8 Å². The van der Waals surface area contributed by atoms with Gasteiger partial charge in [-0.15, -0.1) is 23.1 Å². The maximum atomic E-state index is 12.7. The van der Waals surface area contributed by atoms with Gasteiger partial charge in [-0.05, 0) is 55.8 Å². The molecule has 1 aromatic carbocycles. The van der Waals surface area contributed by atoms with Crippen molar-refractivity contribution in [2.45, 2.75) is 18.9 Å². The smallest absolute Gasteiger partial charge is 0.348 e. The molecule has 0 aliphatic heterocycles. The van der Waals surface area contributed by atoms with Gasteiger partial charge in [-0.25, -0.2) is 14.8 Å². The molecule has 0 saturated heterocycles. The van der Waals surface area contributed by atoms with Crippen molar-refractivity contribution in [2.24, 2.45) is 0 Å². The van der Waals surface area contributed by atoms with Crippen molar-refractivity contribution in [1.82, 2.24) is 9.97 Å². The van der Waals surface area contributed by atoms with E-state index < -0.39 is 5.97 Å². The number of hydrogen-bond acceptors (Lipinski definition) is 7. The fraction of sp³-hybridized carbons (Fsp3) is 0.158. The summed E-state index contributed by atoms with van der Waals surface area (Å²) in [6.45, 7) is 3.26. The van der Waals surface area contributed by atoms with Crippen molar-refractivity contribution in [3.8, 4) is 16.5 Å². The number of ether oxygens (including phenoxy) is 1. The Hall–Kier alpha value is -2.51. The zero-order valence-electron chi connectivity index (χ0n) is 14.5. The quantitative estimate of drug-likeness (QED) is 0.210. The predicted molar refractivity (Wildman–Crippen MR) is 103 cm³/mol. The first-order chi connectivity index (χ1) is 12.5. The lowest BCUT2D eigenvalue weighted by atomic mass is 10.1. The number of rotatable bonds is 5. The molecule has 2 aromatic heterocycles. The van der Waals surface area contributed by atoms with Gasteiger partial charge >= 0.3 is 5.97 Å². The second-order valence-electron chi connectivity index (χ2n) is 5.46. The topological polar surface area (TPSA) is 69.2 Å². The van der Waals surface area contributed by atoms with Gasteiger partial charge < -0.3 is 4.74 Å². The number of aromatic nitrogens is 2. The first-order valence-corrected chi connectivity index (χ1v) is 9.89. The minimum atomic E-state index is -0.514. The summed E-state index contributed by atoms with van der Waals surface area (Å²) >= 11 is 2.92. The average Bonchev–Trinajstić information content (AvgIpc) is 3.16. The molecular formula is C19H16N2O3S2. The van der Waals surface area contributed by atoms with E-state index in [0.717, 1.165) is 4.88 Å². The third-order valence-corrected chi connectivity index (χ3v) is 5.22. The molecule has 0 atom stereocenters. The van der Waals surface area contributed by atoms with Crippen molar-refractivity contribution < 1.29 is 14.3 Å². The molecule has 0 fully saturated rings. The van der Waals surface area contributed by atoms with Gasteiger partial charge in [0.05, 0.1) is 10.6 Å². The van der Waals surface area contributed by atoms with Crippen LogP contribution in [0.2, 0.25) is 0 Å². The molecule has 2 heterocycles. The third-order valence-electron chi connectivity index (χ3n) is 3.67. The van der Waals surface area contributed by atoms with E-state index >= 15 is 0 Å². The second-order valence-corrected chi connectivity index (χ2v) is 7.21. The summed E-state index contributed by atoms with van der Waals surface area (Å²) in [5.74, 6) is 0.416. The summed E-state index contributed by atoms with van der Waals surface area (Å²) in [5, 5.41) is 2.53. The number of nitrogens with zero attached hydrogens (tertiary/aromatic N) is 2. The number of benzene rings is 1. The SMILES string of the molecule is CSc1nc(-c2cccs2)nc(C)c1C(=O)Oc1ccc(C(C)=O)cc1. The number of Topliss-reactive ketones (excluding diaryl/α,β-unsaturated/α-hetero) is 1. The fourth-order valence-corrected chi connectivity index (χ4v) is 3.63. The number of thiophene rings is 1. The minimum absolute atomic E-state index is 0.0408. The molecule has 3 aromatic rings. The average molecular weight is 384 g/mol. The van der Waals surface area contributed by atoms with E-state index in [-0.39, 0.29) is 5.78 Å². The summed E-state index contributed by atoms with van der Waals surface area (Å²) in [6, 6.07) is 10.3. The van der Waals surface area contributed by atoms with Crippen LogP contribution in [0.25, 0.3) is 10.7 Å². The summed E-state index contributed by atoms with van der Waals surface area (Å²) in [5.41, 5.74) is 1.49. The largest absolute Gasteiger partial charge is 0.423 e. The number of carbonyl (C=O) groups excluding carboxylic acids is 2. The zero-order valence-corrected chi connectivity index (χ0v) is 16.1. The third kappa shape index (κ3) is 3.84. The van der Waals surface area contributed by atoms with E-state index in [0.29, 0.717) is 33.4 Å². The highest BCUT2D eigenvalue weighted by Crippen LogP contribution is 2.28. The first-order valence-electron chi connectivity index (χ1n) is 7.79. The lowest BCUT2D eigenvalue weighted by Crippen LogP contribution is -2.14. The summed E-state index contributed by atoms with van der Waals surface area (Å²) in [6.07, 6.45) is 1.86. The molecular weight excluding hydrogens is 368 g/mol. The van der Waals surface area contributed by atoms with Crippen molar-refractivity contribution in [2.75, 3.05) is 6.26 Å². The number of aryl methyl sites for hydroxylation is 1. The standard InChI is InChI=1S/C19H16N2O3S2/c1-11-16(18(25-3)21-17(20-11)15-5-4-10-26-15)19(23)24-14-8-6-13(7-9-14)12(2)22/h4-10H,1-3H3. The fourth-order valence-electron chi connectivity index (χ4n) is 2.36. The molecule has 0 unspecified atom stereocenters. The lowest BCUT2D eigenvalue weighted by molar-refractivity contribution is 0.0729. The normalized spacial score (nSPS) is 10.6. The van der Waals surface area contributed by atoms with Crippen LogP contribution in [0.5, 0.6) is 5.75 Å². The summed E-state index contributed by atoms with van der Waals surface area (Å²) in [4.78, 5) is 33.9. The first kappa shape index (κ1) is 18.3. The van der Waals surface area contributed by atoms with E-state index in [9.17, 15) is 9.59 Å². The minimum Gasteiger partial charge on any atom is -0.423 e. The van der Waals surface area contributed by atoms with E-state index in [2.05, 4.69) is 9.97 Å². The highest BCUT2D eigenvalue weighted by molar-refractivity contribution is 7.98. The van der Waals surface area contributed by atoms with E-state index in [1.165, 1.54) is 18.7 Å². The number of ketones is 1. The van der Waals surface area contributed by atoms with Gasteiger partial charge in [0.25, 0.3) is 0 Å². The summed E-state index contributed by atoms with van der Waals surface area (Å²) in [7, 11) is 0. The van der Waals surface area contributed by atoms with Crippen LogP contribution < -0.4 is 4.74 Å². The van der Waals surface area contributed by atoms with E-state index in [1.54, 1.807) is 42.5 Å². The van der Waals surface area contributed by atoms with Crippen molar-refractivity contribution >= 4 is 34.9 Å². The molecule has 132 valence electrons. The van der Waals surface area contributed by atoms with E-state index in [4.69, 9.17) is 4.74 Å². The van der Waals surface area contributed by atoms with Crippen molar-refractivity contribution in [3.05, 3.63) is 58.6 Å². The molecule has 5 nitrogen and oxygen atoms in total. The summed E-state index contributed by atoms with van der Waals surface area (Å²) < 4.78 is 5.45. The highest BCUT2D eigenvalue weighted by Gasteiger charge is 2.21. The molecule has 0 aliphatic rings. The number of carbonyl (C=O) groups is 2. The van der Waals surface area contributed by atoms with Crippen LogP contribution in [0.4, 0.5) is 0 Å².